The van der Waals surface area contributed by atoms with Crippen LogP contribution >= 0.6 is 0 Å². The molecule has 0 atom stereocenters. The SMILES string of the molecule is CCc1cccc(C)c1NC1=C([n+]2ccc(C)cc2)C(=O)c2ccccc2C1=O. The van der Waals surface area contributed by atoms with Crippen LogP contribution in [0.3, 0.4) is 0 Å². The molecule has 0 spiro atoms. The summed E-state index contributed by atoms with van der Waals surface area (Å²) in [5, 5.41) is 3.34. The van der Waals surface area contributed by atoms with Gasteiger partial charge in [-0.05, 0) is 37.0 Å². The monoisotopic (exact) mass is 383 g/mol. The molecule has 0 saturated heterocycles. The minimum absolute atomic E-state index is 0.164. The Morgan fingerprint density at radius 2 is 1.48 bits per heavy atom. The molecule has 2 aromatic carbocycles. The number of nitrogens with zero attached hydrogens (tertiary/aromatic N) is 1. The summed E-state index contributed by atoms with van der Waals surface area (Å²) < 4.78 is 1.73. The summed E-state index contributed by atoms with van der Waals surface area (Å²) in [7, 11) is 0. The van der Waals surface area contributed by atoms with E-state index in [9.17, 15) is 9.59 Å². The van der Waals surface area contributed by atoms with E-state index in [-0.39, 0.29) is 11.6 Å². The standard InChI is InChI=1S/C25H22N2O2/c1-4-18-9-7-8-17(3)21(18)26-22-23(27-14-12-16(2)13-15-27)25(29)20-11-6-5-10-19(20)24(22)28/h5-15H,4H2,1-3H3/p+1. The van der Waals surface area contributed by atoms with Gasteiger partial charge in [-0.3, -0.25) is 9.59 Å². The molecule has 1 aliphatic carbocycles. The van der Waals surface area contributed by atoms with Gasteiger partial charge in [-0.15, -0.1) is 0 Å². The summed E-state index contributed by atoms with van der Waals surface area (Å²) in [5.41, 5.74) is 5.63. The first-order chi connectivity index (χ1) is 14.0. The number of pyridine rings is 1. The lowest BCUT2D eigenvalue weighted by atomic mass is 9.89. The van der Waals surface area contributed by atoms with Gasteiger partial charge in [0.15, 0.2) is 18.1 Å². The van der Waals surface area contributed by atoms with E-state index >= 15 is 0 Å². The molecule has 1 heterocycles. The fourth-order valence-corrected chi connectivity index (χ4v) is 3.70. The van der Waals surface area contributed by atoms with E-state index in [4.69, 9.17) is 0 Å². The van der Waals surface area contributed by atoms with Crippen molar-refractivity contribution in [3.63, 3.8) is 0 Å². The van der Waals surface area contributed by atoms with E-state index in [0.717, 1.165) is 28.8 Å². The number of carbonyl (C=O) groups excluding carboxylic acids is 2. The largest absolute Gasteiger partial charge is 0.346 e. The van der Waals surface area contributed by atoms with Crippen LogP contribution < -0.4 is 9.88 Å². The molecule has 4 nitrogen and oxygen atoms in total. The van der Waals surface area contributed by atoms with Crippen molar-refractivity contribution in [2.24, 2.45) is 0 Å². The van der Waals surface area contributed by atoms with Crippen LogP contribution in [0.15, 0.2) is 72.7 Å². The molecule has 1 aliphatic rings. The number of Topliss-reactive ketones (excluding diaryl/α,β-unsaturated/α-hetero) is 2. The third kappa shape index (κ3) is 3.27. The van der Waals surface area contributed by atoms with Crippen LogP contribution in [0.4, 0.5) is 5.69 Å². The van der Waals surface area contributed by atoms with Crippen LogP contribution in [-0.2, 0) is 6.42 Å². The molecular weight excluding hydrogens is 360 g/mol. The molecule has 144 valence electrons. The van der Waals surface area contributed by atoms with Crippen molar-refractivity contribution >= 4 is 23.0 Å². The Kier molecular flexibility index (Phi) is 4.85. The van der Waals surface area contributed by atoms with E-state index < -0.39 is 0 Å². The molecule has 0 fully saturated rings. The topological polar surface area (TPSA) is 50.1 Å². The molecule has 0 unspecified atom stereocenters. The van der Waals surface area contributed by atoms with Gasteiger partial charge in [-0.2, -0.15) is 4.57 Å². The van der Waals surface area contributed by atoms with Gasteiger partial charge in [0.2, 0.25) is 5.78 Å². The van der Waals surface area contributed by atoms with Gasteiger partial charge in [0.1, 0.15) is 0 Å². The van der Waals surface area contributed by atoms with Crippen LogP contribution in [-0.4, -0.2) is 11.6 Å². The highest BCUT2D eigenvalue weighted by molar-refractivity contribution is 6.36. The molecule has 4 rings (SSSR count). The predicted molar refractivity (Wildman–Crippen MR) is 114 cm³/mol. The van der Waals surface area contributed by atoms with Crippen LogP contribution in [0, 0.1) is 13.8 Å². The summed E-state index contributed by atoms with van der Waals surface area (Å²) in [6.45, 7) is 6.07. The van der Waals surface area contributed by atoms with E-state index in [2.05, 4.69) is 12.2 Å². The van der Waals surface area contributed by atoms with E-state index in [0.29, 0.717) is 22.5 Å². The van der Waals surface area contributed by atoms with E-state index in [1.165, 1.54) is 0 Å². The Morgan fingerprint density at radius 1 is 0.828 bits per heavy atom. The number of aryl methyl sites for hydroxylation is 3. The van der Waals surface area contributed by atoms with Gasteiger partial charge >= 0.3 is 0 Å². The van der Waals surface area contributed by atoms with Gasteiger partial charge in [0.25, 0.3) is 11.5 Å². The molecule has 29 heavy (non-hydrogen) atoms. The minimum atomic E-state index is -0.173. The number of fused-ring (bicyclic) bond motifs is 1. The molecule has 4 heteroatoms. The van der Waals surface area contributed by atoms with Crippen molar-refractivity contribution in [3.8, 4) is 0 Å². The normalized spacial score (nSPS) is 13.5. The number of allylic oxidation sites excluding steroid dienone is 2. The summed E-state index contributed by atoms with van der Waals surface area (Å²) in [4.78, 5) is 26.9. The highest BCUT2D eigenvalue weighted by Gasteiger charge is 2.38. The van der Waals surface area contributed by atoms with Crippen LogP contribution in [0.2, 0.25) is 0 Å². The van der Waals surface area contributed by atoms with Crippen LogP contribution in [0.5, 0.6) is 0 Å². The number of nitrogens with one attached hydrogen (secondary N) is 1. The lowest BCUT2D eigenvalue weighted by Crippen LogP contribution is -2.42. The van der Waals surface area contributed by atoms with Crippen molar-refractivity contribution < 1.29 is 14.2 Å². The Hall–Kier alpha value is -3.53. The Labute approximate surface area is 170 Å². The molecule has 3 aromatic rings. The van der Waals surface area contributed by atoms with Crippen molar-refractivity contribution in [2.75, 3.05) is 5.32 Å². The predicted octanol–water partition coefficient (Wildman–Crippen LogP) is 4.51. The first kappa shape index (κ1) is 18.8. The van der Waals surface area contributed by atoms with Gasteiger partial charge in [-0.25, -0.2) is 0 Å². The highest BCUT2D eigenvalue weighted by atomic mass is 16.1. The zero-order valence-corrected chi connectivity index (χ0v) is 16.8. The molecule has 0 amide bonds. The highest BCUT2D eigenvalue weighted by Crippen LogP contribution is 2.30. The minimum Gasteiger partial charge on any atom is -0.346 e. The Balaban J connectivity index is 1.95. The van der Waals surface area contributed by atoms with Crippen LogP contribution in [0.25, 0.3) is 5.70 Å². The quantitative estimate of drug-likeness (QED) is 0.674. The molecule has 0 aliphatic heterocycles. The molecule has 1 aromatic heterocycles. The number of benzene rings is 2. The number of para-hydroxylation sites is 1. The maximum Gasteiger partial charge on any atom is 0.286 e. The molecule has 0 radical (unpaired) electrons. The number of anilines is 1. The average Bonchev–Trinajstić information content (AvgIpc) is 2.74. The third-order valence-electron chi connectivity index (χ3n) is 5.34. The molecular formula is C25H23N2O2+. The fourth-order valence-electron chi connectivity index (χ4n) is 3.70. The maximum absolute atomic E-state index is 13.4. The average molecular weight is 383 g/mol. The number of aromatic nitrogens is 1. The van der Waals surface area contributed by atoms with Crippen molar-refractivity contribution in [1.29, 1.82) is 0 Å². The van der Waals surface area contributed by atoms with Gasteiger partial charge < -0.3 is 5.32 Å². The lowest BCUT2D eigenvalue weighted by molar-refractivity contribution is -0.577. The second-order valence-corrected chi connectivity index (χ2v) is 7.30. The van der Waals surface area contributed by atoms with Crippen LogP contribution in [0.1, 0.15) is 44.3 Å². The summed E-state index contributed by atoms with van der Waals surface area (Å²) in [6, 6.07) is 16.9. The first-order valence-electron chi connectivity index (χ1n) is 9.77. The Bertz CT molecular complexity index is 1160. The number of carbonyl (C=O) groups is 2. The van der Waals surface area contributed by atoms with Crippen molar-refractivity contribution in [3.05, 3.63) is 101 Å². The summed E-state index contributed by atoms with van der Waals surface area (Å²) >= 11 is 0. The third-order valence-corrected chi connectivity index (χ3v) is 5.34. The number of hydrogen-bond donors (Lipinski definition) is 1. The number of hydrogen-bond acceptors (Lipinski definition) is 3. The zero-order valence-electron chi connectivity index (χ0n) is 16.8. The summed E-state index contributed by atoms with van der Waals surface area (Å²) in [6.07, 6.45) is 4.47. The molecule has 1 N–H and O–H groups in total. The number of ketones is 2. The molecule has 0 saturated carbocycles. The van der Waals surface area contributed by atoms with E-state index in [1.54, 1.807) is 28.8 Å². The van der Waals surface area contributed by atoms with E-state index in [1.807, 2.05) is 56.6 Å². The summed E-state index contributed by atoms with van der Waals surface area (Å²) in [5.74, 6) is -0.336. The molecule has 0 bridgehead atoms. The van der Waals surface area contributed by atoms with Gasteiger partial charge in [0, 0.05) is 28.9 Å². The second-order valence-electron chi connectivity index (χ2n) is 7.30. The van der Waals surface area contributed by atoms with Crippen molar-refractivity contribution in [2.45, 2.75) is 27.2 Å². The second kappa shape index (κ2) is 7.47. The van der Waals surface area contributed by atoms with Gasteiger partial charge in [-0.1, -0.05) is 49.4 Å². The maximum atomic E-state index is 13.4. The van der Waals surface area contributed by atoms with Crippen molar-refractivity contribution in [1.82, 2.24) is 0 Å². The first-order valence-corrected chi connectivity index (χ1v) is 9.77. The zero-order chi connectivity index (χ0) is 20.5. The number of rotatable bonds is 4. The Morgan fingerprint density at radius 3 is 2.14 bits per heavy atom. The fraction of sp³-hybridized carbons (Fsp3) is 0.160. The van der Waals surface area contributed by atoms with Gasteiger partial charge in [0.05, 0.1) is 0 Å². The lowest BCUT2D eigenvalue weighted by Gasteiger charge is -2.20. The smallest absolute Gasteiger partial charge is 0.286 e.